The van der Waals surface area contributed by atoms with Crippen molar-refractivity contribution in [1.29, 1.82) is 0 Å². The van der Waals surface area contributed by atoms with Gasteiger partial charge in [-0.3, -0.25) is 0 Å². The van der Waals surface area contributed by atoms with E-state index >= 15 is 0 Å². The molecule has 11 rings (SSSR count). The van der Waals surface area contributed by atoms with Gasteiger partial charge in [0.05, 0.1) is 16.8 Å². The molecule has 59 heavy (non-hydrogen) atoms. The Morgan fingerprint density at radius 3 is 1.73 bits per heavy atom. The smallest absolute Gasteiger partial charge is 0.177 e. The van der Waals surface area contributed by atoms with Crippen LogP contribution < -0.4 is 9.47 Å². The lowest BCUT2D eigenvalue weighted by Crippen LogP contribution is -2.28. The maximum absolute atomic E-state index is 6.98. The molecule has 0 spiro atoms. The normalized spacial score (nSPS) is 13.0. The molecule has 2 heterocycles. The van der Waals surface area contributed by atoms with Crippen molar-refractivity contribution >= 4 is 0 Å². The topological polar surface area (TPSA) is 31.4 Å². The lowest BCUT2D eigenvalue weighted by atomic mass is 9.67. The molecule has 0 N–H and O–H groups in total. The van der Waals surface area contributed by atoms with E-state index in [1.54, 1.807) is 0 Å². The molecule has 0 atom stereocenters. The molecule has 9 aromatic rings. The van der Waals surface area contributed by atoms with Gasteiger partial charge < -0.3 is 9.47 Å². The predicted molar refractivity (Wildman–Crippen MR) is 239 cm³/mol. The Balaban J connectivity index is 0.995. The predicted octanol–water partition coefficient (Wildman–Crippen LogP) is 14.6. The number of aryl methyl sites for hydroxylation is 2. The number of ether oxygens (including phenoxy) is 2. The van der Waals surface area contributed by atoms with E-state index < -0.39 is 5.41 Å². The Morgan fingerprint density at radius 2 is 1.00 bits per heavy atom. The van der Waals surface area contributed by atoms with Crippen LogP contribution in [0.4, 0.5) is 0 Å². The lowest BCUT2D eigenvalue weighted by molar-refractivity contribution is 0.360. The van der Waals surface area contributed by atoms with Gasteiger partial charge in [-0.1, -0.05) is 175 Å². The largest absolute Gasteiger partial charge is 0.449 e. The zero-order chi connectivity index (χ0) is 39.5. The summed E-state index contributed by atoms with van der Waals surface area (Å²) in [5.74, 6) is 2.82. The van der Waals surface area contributed by atoms with Gasteiger partial charge in [0.1, 0.15) is 0 Å². The molecule has 2 aliphatic rings. The Hall–Kier alpha value is -7.49. The minimum atomic E-state index is -0.534. The van der Waals surface area contributed by atoms with Crippen LogP contribution in [-0.2, 0) is 5.41 Å². The number of hydrogen-bond acceptors (Lipinski definition) is 3. The van der Waals surface area contributed by atoms with Crippen LogP contribution in [0.25, 0.3) is 55.9 Å². The van der Waals surface area contributed by atoms with E-state index in [9.17, 15) is 0 Å². The molecule has 1 aliphatic heterocycles. The highest BCUT2D eigenvalue weighted by molar-refractivity contribution is 5.89. The molecule has 0 bridgehead atoms. The molecule has 1 aromatic heterocycles. The number of fused-ring (bicyclic) bond motifs is 5. The quantitative estimate of drug-likeness (QED) is 0.169. The lowest BCUT2D eigenvalue weighted by Gasteiger charge is -2.34. The van der Waals surface area contributed by atoms with E-state index in [4.69, 9.17) is 14.5 Å². The number of para-hydroxylation sites is 1. The summed E-state index contributed by atoms with van der Waals surface area (Å²) in [7, 11) is 0. The molecule has 0 radical (unpaired) electrons. The first kappa shape index (κ1) is 34.7. The minimum absolute atomic E-state index is 0.534. The molecule has 8 aromatic carbocycles. The standard InChI is InChI=1S/C56H39NO2/c1-36-25-30-44(37(2)31-36)51-33-41(32-50(57-51)40-15-6-3-7-16-40)38-26-28-39(29-27-38)45-22-14-24-52-55(45)59-54-35-49-47(34-53(54)58-52)46-21-12-13-23-48(46)56(49,42-17-8-4-9-18-42)43-19-10-5-11-20-43/h3-35H,1-2H3. The van der Waals surface area contributed by atoms with Crippen LogP contribution in [0.1, 0.15) is 33.4 Å². The third kappa shape index (κ3) is 5.69. The van der Waals surface area contributed by atoms with Gasteiger partial charge in [-0.05, 0) is 99.8 Å². The molecule has 3 heteroatoms. The molecular formula is C56H39NO2. The van der Waals surface area contributed by atoms with Crippen LogP contribution in [-0.4, -0.2) is 4.98 Å². The molecule has 280 valence electrons. The van der Waals surface area contributed by atoms with Crippen molar-refractivity contribution in [1.82, 2.24) is 4.98 Å². The Bertz CT molecular complexity index is 3010. The van der Waals surface area contributed by atoms with E-state index in [2.05, 4.69) is 196 Å². The average molecular weight is 758 g/mol. The zero-order valence-electron chi connectivity index (χ0n) is 32.8. The SMILES string of the molecule is Cc1ccc(-c2cc(-c3ccc(-c4cccc5c4Oc4cc6c(cc4O5)-c4ccccc4C6(c4ccccc4)c4ccccc4)cc3)cc(-c3ccccc3)n2)c(C)c1. The van der Waals surface area contributed by atoms with Gasteiger partial charge in [-0.25, -0.2) is 4.98 Å². The first-order chi connectivity index (χ1) is 29.0. The van der Waals surface area contributed by atoms with Gasteiger partial charge in [0.15, 0.2) is 23.0 Å². The average Bonchev–Trinajstić information content (AvgIpc) is 3.58. The summed E-state index contributed by atoms with van der Waals surface area (Å²) in [5.41, 5.74) is 17.5. The van der Waals surface area contributed by atoms with Crippen molar-refractivity contribution in [3.8, 4) is 78.9 Å². The van der Waals surface area contributed by atoms with Crippen molar-refractivity contribution < 1.29 is 9.47 Å². The van der Waals surface area contributed by atoms with Crippen LogP contribution in [0.3, 0.4) is 0 Å². The molecular weight excluding hydrogens is 719 g/mol. The van der Waals surface area contributed by atoms with Crippen molar-refractivity contribution in [2.24, 2.45) is 0 Å². The summed E-state index contributed by atoms with van der Waals surface area (Å²) >= 11 is 0. The Kier molecular flexibility index (Phi) is 8.16. The summed E-state index contributed by atoms with van der Waals surface area (Å²) in [6.45, 7) is 4.29. The fraction of sp³-hybridized carbons (Fsp3) is 0.0536. The molecule has 3 nitrogen and oxygen atoms in total. The van der Waals surface area contributed by atoms with Crippen LogP contribution in [0, 0.1) is 13.8 Å². The van der Waals surface area contributed by atoms with Crippen LogP contribution in [0.2, 0.25) is 0 Å². The third-order valence-electron chi connectivity index (χ3n) is 12.0. The first-order valence-corrected chi connectivity index (χ1v) is 20.2. The molecule has 1 aliphatic carbocycles. The fourth-order valence-electron chi connectivity index (χ4n) is 9.30. The summed E-state index contributed by atoms with van der Waals surface area (Å²) in [6, 6.07) is 71.1. The molecule has 0 amide bonds. The third-order valence-corrected chi connectivity index (χ3v) is 12.0. The highest BCUT2D eigenvalue weighted by Gasteiger charge is 2.47. The van der Waals surface area contributed by atoms with Gasteiger partial charge in [0.25, 0.3) is 0 Å². The van der Waals surface area contributed by atoms with Crippen molar-refractivity contribution in [2.75, 3.05) is 0 Å². The Morgan fingerprint density at radius 1 is 0.373 bits per heavy atom. The summed E-state index contributed by atoms with van der Waals surface area (Å²) in [5, 5.41) is 0. The molecule has 0 saturated carbocycles. The van der Waals surface area contributed by atoms with Gasteiger partial charge in [-0.2, -0.15) is 0 Å². The number of rotatable bonds is 6. The van der Waals surface area contributed by atoms with Gasteiger partial charge >= 0.3 is 0 Å². The number of nitrogens with zero attached hydrogens (tertiary/aromatic N) is 1. The van der Waals surface area contributed by atoms with Crippen LogP contribution in [0.15, 0.2) is 200 Å². The number of hydrogen-bond donors (Lipinski definition) is 0. The van der Waals surface area contributed by atoms with Gasteiger partial charge in [-0.15, -0.1) is 0 Å². The zero-order valence-corrected chi connectivity index (χ0v) is 32.8. The van der Waals surface area contributed by atoms with E-state index in [0.29, 0.717) is 23.0 Å². The monoisotopic (exact) mass is 757 g/mol. The minimum Gasteiger partial charge on any atom is -0.449 e. The fourth-order valence-corrected chi connectivity index (χ4v) is 9.30. The Labute approximate surface area is 344 Å². The van der Waals surface area contributed by atoms with E-state index in [1.165, 1.54) is 38.9 Å². The summed E-state index contributed by atoms with van der Waals surface area (Å²) < 4.78 is 13.7. The first-order valence-electron chi connectivity index (χ1n) is 20.2. The van der Waals surface area contributed by atoms with Crippen LogP contribution in [0.5, 0.6) is 23.0 Å². The maximum atomic E-state index is 6.98. The summed E-state index contributed by atoms with van der Waals surface area (Å²) in [4.78, 5) is 5.17. The van der Waals surface area contributed by atoms with E-state index in [0.717, 1.165) is 50.3 Å². The van der Waals surface area contributed by atoms with Crippen molar-refractivity contribution in [2.45, 2.75) is 19.3 Å². The molecule has 0 fully saturated rings. The molecule has 0 saturated heterocycles. The van der Waals surface area contributed by atoms with Crippen molar-refractivity contribution in [3.05, 3.63) is 234 Å². The second-order valence-corrected chi connectivity index (χ2v) is 15.6. The van der Waals surface area contributed by atoms with Crippen LogP contribution >= 0.6 is 0 Å². The second kappa shape index (κ2) is 13.9. The van der Waals surface area contributed by atoms with E-state index in [1.807, 2.05) is 18.2 Å². The molecule has 0 unspecified atom stereocenters. The highest BCUT2D eigenvalue weighted by atomic mass is 16.6. The number of benzene rings is 8. The maximum Gasteiger partial charge on any atom is 0.177 e. The van der Waals surface area contributed by atoms with Gasteiger partial charge in [0.2, 0.25) is 0 Å². The second-order valence-electron chi connectivity index (χ2n) is 15.6. The number of aromatic nitrogens is 1. The summed E-state index contributed by atoms with van der Waals surface area (Å²) in [6.07, 6.45) is 0. The number of pyridine rings is 1. The van der Waals surface area contributed by atoms with Crippen molar-refractivity contribution in [3.63, 3.8) is 0 Å². The van der Waals surface area contributed by atoms with E-state index in [-0.39, 0.29) is 0 Å². The highest BCUT2D eigenvalue weighted by Crippen LogP contribution is 2.60. The van der Waals surface area contributed by atoms with Gasteiger partial charge in [0, 0.05) is 16.7 Å².